The van der Waals surface area contributed by atoms with Gasteiger partial charge < -0.3 is 25.2 Å². The predicted octanol–water partition coefficient (Wildman–Crippen LogP) is 3.09. The summed E-state index contributed by atoms with van der Waals surface area (Å²) in [6.45, 7) is 1.63. The van der Waals surface area contributed by atoms with Crippen LogP contribution in [0.25, 0.3) is 0 Å². The Morgan fingerprint density at radius 2 is 1.26 bits per heavy atom. The first-order chi connectivity index (χ1) is 13.0. The molecule has 2 unspecified atom stereocenters. The fourth-order valence-corrected chi connectivity index (χ4v) is 2.99. The van der Waals surface area contributed by atoms with Crippen LogP contribution in [0, 0.1) is 0 Å². The van der Waals surface area contributed by atoms with Gasteiger partial charge in [-0.05, 0) is 19.3 Å². The topological polar surface area (TPSA) is 107 Å². The zero-order valence-electron chi connectivity index (χ0n) is 17.2. The third-order valence-corrected chi connectivity index (χ3v) is 4.83. The zero-order chi connectivity index (χ0) is 20.3. The number of carbonyl (C=O) groups is 1. The van der Waals surface area contributed by atoms with E-state index in [1.165, 1.54) is 25.7 Å². The summed E-state index contributed by atoms with van der Waals surface area (Å²) >= 11 is 0. The Morgan fingerprint density at radius 1 is 0.778 bits per heavy atom. The maximum Gasteiger partial charge on any atom is 0.305 e. The van der Waals surface area contributed by atoms with E-state index in [-0.39, 0.29) is 12.6 Å². The Balaban J connectivity index is 3.46. The molecule has 3 atom stereocenters. The minimum atomic E-state index is -1.00. The number of hydrogen-bond acceptors (Lipinski definition) is 6. The average Bonchev–Trinajstić information content (AvgIpc) is 2.67. The number of aliphatic hydroxyl groups is 4. The third-order valence-electron chi connectivity index (χ3n) is 4.83. The van der Waals surface area contributed by atoms with Gasteiger partial charge in [-0.2, -0.15) is 0 Å². The Hall–Kier alpha value is -0.690. The molecule has 162 valence electrons. The molecule has 0 aliphatic rings. The van der Waals surface area contributed by atoms with Gasteiger partial charge in [-0.3, -0.25) is 4.79 Å². The summed E-state index contributed by atoms with van der Waals surface area (Å²) < 4.78 is 4.83. The average molecular weight is 391 g/mol. The molecule has 0 aliphatic carbocycles. The first-order valence-corrected chi connectivity index (χ1v) is 10.8. The molecule has 6 heteroatoms. The third kappa shape index (κ3) is 17.2. The second-order valence-corrected chi connectivity index (χ2v) is 7.52. The maximum atomic E-state index is 11.4. The van der Waals surface area contributed by atoms with Crippen LogP contribution in [0.2, 0.25) is 0 Å². The van der Waals surface area contributed by atoms with Crippen molar-refractivity contribution < 1.29 is 30.0 Å². The fraction of sp³-hybridized carbons (Fsp3) is 0.952. The summed E-state index contributed by atoms with van der Waals surface area (Å²) in [5.41, 5.74) is 0. The SMILES string of the molecule is CCCCCCCCC(O)C(O)CCCCCCCC(=O)OC[C@H](O)CO. The number of ether oxygens (including phenoxy) is 1. The minimum absolute atomic E-state index is 0.158. The van der Waals surface area contributed by atoms with E-state index >= 15 is 0 Å². The van der Waals surface area contributed by atoms with E-state index in [4.69, 9.17) is 14.9 Å². The normalized spacial score (nSPS) is 14.7. The van der Waals surface area contributed by atoms with Crippen LogP contribution in [0.1, 0.15) is 96.8 Å². The van der Waals surface area contributed by atoms with Crippen molar-refractivity contribution in [2.45, 2.75) is 115 Å². The molecule has 0 aromatic heterocycles. The number of hydrogen-bond donors (Lipinski definition) is 4. The minimum Gasteiger partial charge on any atom is -0.463 e. The lowest BCUT2D eigenvalue weighted by atomic mass is 9.99. The van der Waals surface area contributed by atoms with Gasteiger partial charge in [-0.1, -0.05) is 71.1 Å². The Kier molecular flexibility index (Phi) is 18.2. The maximum absolute atomic E-state index is 11.4. The van der Waals surface area contributed by atoms with Crippen LogP contribution >= 0.6 is 0 Å². The van der Waals surface area contributed by atoms with E-state index in [9.17, 15) is 15.0 Å². The van der Waals surface area contributed by atoms with Gasteiger partial charge in [0.2, 0.25) is 0 Å². The van der Waals surface area contributed by atoms with Crippen molar-refractivity contribution >= 4 is 5.97 Å². The standard InChI is InChI=1S/C21H42O6/c1-2-3-4-5-7-10-13-19(24)20(25)14-11-8-6-9-12-15-21(26)27-17-18(23)16-22/h18-20,22-25H,2-17H2,1H3/t18-,19?,20?/m1/s1. The first-order valence-electron chi connectivity index (χ1n) is 10.8. The van der Waals surface area contributed by atoms with Crippen LogP contribution in [0.4, 0.5) is 0 Å². The quantitative estimate of drug-likeness (QED) is 0.199. The number of unbranched alkanes of at least 4 members (excludes halogenated alkanes) is 9. The molecule has 6 nitrogen and oxygen atoms in total. The molecular formula is C21H42O6. The van der Waals surface area contributed by atoms with Crippen molar-refractivity contribution in [3.05, 3.63) is 0 Å². The smallest absolute Gasteiger partial charge is 0.305 e. The summed E-state index contributed by atoms with van der Waals surface area (Å²) in [5, 5.41) is 37.7. The summed E-state index contributed by atoms with van der Waals surface area (Å²) in [6.07, 6.45) is 10.9. The summed E-state index contributed by atoms with van der Waals surface area (Å²) in [7, 11) is 0. The second kappa shape index (κ2) is 18.7. The zero-order valence-corrected chi connectivity index (χ0v) is 17.2. The van der Waals surface area contributed by atoms with Crippen LogP contribution in [-0.2, 0) is 9.53 Å². The molecule has 0 saturated carbocycles. The van der Waals surface area contributed by atoms with Crippen molar-refractivity contribution in [2.24, 2.45) is 0 Å². The highest BCUT2D eigenvalue weighted by Crippen LogP contribution is 2.15. The van der Waals surface area contributed by atoms with Gasteiger partial charge in [0.15, 0.2) is 0 Å². The fourth-order valence-electron chi connectivity index (χ4n) is 2.99. The van der Waals surface area contributed by atoms with Crippen LogP contribution in [0.5, 0.6) is 0 Å². The highest BCUT2D eigenvalue weighted by Gasteiger charge is 2.15. The highest BCUT2D eigenvalue weighted by molar-refractivity contribution is 5.69. The Labute approximate surface area is 164 Å². The van der Waals surface area contributed by atoms with Crippen LogP contribution in [0.3, 0.4) is 0 Å². The molecule has 0 rings (SSSR count). The van der Waals surface area contributed by atoms with Crippen molar-refractivity contribution in [1.82, 2.24) is 0 Å². The lowest BCUT2D eigenvalue weighted by Gasteiger charge is -2.17. The van der Waals surface area contributed by atoms with Gasteiger partial charge in [0.25, 0.3) is 0 Å². The molecule has 0 bridgehead atoms. The van der Waals surface area contributed by atoms with Gasteiger partial charge in [-0.25, -0.2) is 0 Å². The molecule has 0 fully saturated rings. The van der Waals surface area contributed by atoms with Crippen molar-refractivity contribution in [3.63, 3.8) is 0 Å². The molecule has 0 aliphatic heterocycles. The van der Waals surface area contributed by atoms with Crippen molar-refractivity contribution in [2.75, 3.05) is 13.2 Å². The van der Waals surface area contributed by atoms with E-state index in [2.05, 4.69) is 6.92 Å². The van der Waals surface area contributed by atoms with E-state index in [1.807, 2.05) is 0 Å². The van der Waals surface area contributed by atoms with Crippen molar-refractivity contribution in [1.29, 1.82) is 0 Å². The van der Waals surface area contributed by atoms with Crippen LogP contribution < -0.4 is 0 Å². The van der Waals surface area contributed by atoms with Gasteiger partial charge >= 0.3 is 5.97 Å². The lowest BCUT2D eigenvalue weighted by Crippen LogP contribution is -2.25. The summed E-state index contributed by atoms with van der Waals surface area (Å²) in [4.78, 5) is 11.4. The molecule has 0 spiro atoms. The first kappa shape index (κ1) is 26.3. The molecule has 0 radical (unpaired) electrons. The largest absolute Gasteiger partial charge is 0.463 e. The number of carbonyl (C=O) groups excluding carboxylic acids is 1. The molecule has 0 aromatic rings. The molecule has 0 aromatic carbocycles. The lowest BCUT2D eigenvalue weighted by molar-refractivity contribution is -0.147. The van der Waals surface area contributed by atoms with E-state index in [0.717, 1.165) is 44.9 Å². The number of aliphatic hydroxyl groups excluding tert-OH is 4. The molecule has 0 heterocycles. The van der Waals surface area contributed by atoms with E-state index in [1.54, 1.807) is 0 Å². The number of esters is 1. The van der Waals surface area contributed by atoms with Crippen LogP contribution in [-0.4, -0.2) is 57.9 Å². The second-order valence-electron chi connectivity index (χ2n) is 7.52. The molecule has 4 N–H and O–H groups in total. The molecular weight excluding hydrogens is 348 g/mol. The molecule has 27 heavy (non-hydrogen) atoms. The van der Waals surface area contributed by atoms with Gasteiger partial charge in [0.1, 0.15) is 12.7 Å². The van der Waals surface area contributed by atoms with E-state index < -0.39 is 24.9 Å². The number of rotatable bonds is 19. The Bertz CT molecular complexity index is 337. The van der Waals surface area contributed by atoms with E-state index in [0.29, 0.717) is 19.3 Å². The van der Waals surface area contributed by atoms with Crippen molar-refractivity contribution in [3.8, 4) is 0 Å². The molecule has 0 amide bonds. The Morgan fingerprint density at radius 3 is 1.78 bits per heavy atom. The summed E-state index contributed by atoms with van der Waals surface area (Å²) in [5.74, 6) is -0.351. The van der Waals surface area contributed by atoms with Gasteiger partial charge in [0.05, 0.1) is 18.8 Å². The summed E-state index contributed by atoms with van der Waals surface area (Å²) in [6, 6.07) is 0. The van der Waals surface area contributed by atoms with Crippen LogP contribution in [0.15, 0.2) is 0 Å². The highest BCUT2D eigenvalue weighted by atomic mass is 16.5. The molecule has 0 saturated heterocycles. The van der Waals surface area contributed by atoms with Gasteiger partial charge in [0, 0.05) is 6.42 Å². The van der Waals surface area contributed by atoms with Gasteiger partial charge in [-0.15, -0.1) is 0 Å². The predicted molar refractivity (Wildman–Crippen MR) is 106 cm³/mol. The monoisotopic (exact) mass is 390 g/mol.